The first-order valence-electron chi connectivity index (χ1n) is 12.8. The predicted molar refractivity (Wildman–Crippen MR) is 145 cm³/mol. The second-order valence-electron chi connectivity index (χ2n) is 9.69. The van der Waals surface area contributed by atoms with Gasteiger partial charge in [0.05, 0.1) is 24.7 Å². The number of nitrogens with zero attached hydrogens (tertiary/aromatic N) is 4. The van der Waals surface area contributed by atoms with Crippen molar-refractivity contribution in [3.05, 3.63) is 82.9 Å². The first-order valence-corrected chi connectivity index (χ1v) is 12.8. The predicted octanol–water partition coefficient (Wildman–Crippen LogP) is 5.24. The zero-order valence-electron chi connectivity index (χ0n) is 22.3. The van der Waals surface area contributed by atoms with E-state index in [0.717, 1.165) is 11.1 Å². The van der Waals surface area contributed by atoms with Gasteiger partial charge in [-0.2, -0.15) is 18.3 Å². The summed E-state index contributed by atoms with van der Waals surface area (Å²) in [5, 5.41) is 16.4. The van der Waals surface area contributed by atoms with Gasteiger partial charge in [-0.1, -0.05) is 24.3 Å². The molecule has 2 aromatic carbocycles. The fourth-order valence-corrected chi connectivity index (χ4v) is 4.77. The number of halogens is 4. The second kappa shape index (κ2) is 11.5. The summed E-state index contributed by atoms with van der Waals surface area (Å²) in [7, 11) is 1.57. The fourth-order valence-electron chi connectivity index (χ4n) is 4.77. The summed E-state index contributed by atoms with van der Waals surface area (Å²) in [6, 6.07) is 13.2. The number of alkyl halides is 3. The van der Waals surface area contributed by atoms with Crippen molar-refractivity contribution in [2.45, 2.75) is 25.7 Å². The molecule has 1 aliphatic heterocycles. The van der Waals surface area contributed by atoms with E-state index in [0.29, 0.717) is 53.1 Å². The number of carboxylic acid groups (broad SMARTS) is 1. The number of nitrogens with one attached hydrogen (secondary N) is 1. The highest BCUT2D eigenvalue weighted by atomic mass is 19.4. The van der Waals surface area contributed by atoms with E-state index in [1.165, 1.54) is 17.0 Å². The Kier molecular flexibility index (Phi) is 7.83. The van der Waals surface area contributed by atoms with Gasteiger partial charge in [0.2, 0.25) is 0 Å². The Labute approximate surface area is 237 Å². The van der Waals surface area contributed by atoms with E-state index in [1.807, 2.05) is 30.3 Å². The van der Waals surface area contributed by atoms with Crippen LogP contribution in [0.15, 0.2) is 60.3 Å². The molecule has 2 N–H and O–H groups in total. The van der Waals surface area contributed by atoms with Gasteiger partial charge in [0.1, 0.15) is 11.6 Å². The highest BCUT2D eigenvalue weighted by Gasteiger charge is 2.38. The fraction of sp³-hybridized carbons (Fsp3) is 0.241. The number of amides is 2. The van der Waals surface area contributed by atoms with Crippen LogP contribution in [-0.2, 0) is 17.9 Å². The van der Waals surface area contributed by atoms with Crippen molar-refractivity contribution in [3.8, 4) is 16.9 Å². The minimum Gasteiger partial charge on any atom is -0.497 e. The molecule has 1 fully saturated rings. The van der Waals surface area contributed by atoms with E-state index >= 15 is 4.39 Å². The summed E-state index contributed by atoms with van der Waals surface area (Å²) in [5.74, 6) is -2.25. The Morgan fingerprint density at radius 2 is 1.90 bits per heavy atom. The Morgan fingerprint density at radius 3 is 2.55 bits per heavy atom. The first-order chi connectivity index (χ1) is 20.0. The van der Waals surface area contributed by atoms with Gasteiger partial charge in [0.25, 0.3) is 0 Å². The molecule has 13 heteroatoms. The maximum Gasteiger partial charge on any atom is 0.471 e. The number of likely N-dealkylation sites (tertiary alicyclic amines) is 1. The van der Waals surface area contributed by atoms with Gasteiger partial charge in [-0.25, -0.2) is 18.9 Å². The van der Waals surface area contributed by atoms with Gasteiger partial charge in [0, 0.05) is 31.4 Å². The number of benzene rings is 2. The highest BCUT2D eigenvalue weighted by Crippen LogP contribution is 2.33. The van der Waals surface area contributed by atoms with Crippen LogP contribution in [0.3, 0.4) is 0 Å². The summed E-state index contributed by atoms with van der Waals surface area (Å²) in [5.41, 5.74) is 3.68. The minimum absolute atomic E-state index is 0.112. The smallest absolute Gasteiger partial charge is 0.471 e. The lowest BCUT2D eigenvalue weighted by molar-refractivity contribution is -0.173. The largest absolute Gasteiger partial charge is 0.497 e. The van der Waals surface area contributed by atoms with Crippen LogP contribution in [0.4, 0.5) is 22.4 Å². The normalized spacial score (nSPS) is 14.5. The lowest BCUT2D eigenvalue weighted by Gasteiger charge is -2.11. The van der Waals surface area contributed by atoms with E-state index in [2.05, 4.69) is 4.98 Å². The van der Waals surface area contributed by atoms with Crippen molar-refractivity contribution < 1.29 is 37.0 Å². The van der Waals surface area contributed by atoms with Crippen molar-refractivity contribution in [1.82, 2.24) is 25.0 Å². The van der Waals surface area contributed by atoms with Crippen LogP contribution in [0.5, 0.6) is 5.75 Å². The average Bonchev–Trinajstić information content (AvgIpc) is 3.57. The van der Waals surface area contributed by atoms with Crippen LogP contribution < -0.4 is 10.1 Å². The van der Waals surface area contributed by atoms with E-state index in [1.54, 1.807) is 35.4 Å². The van der Waals surface area contributed by atoms with Crippen molar-refractivity contribution >= 4 is 29.1 Å². The van der Waals surface area contributed by atoms with E-state index in [4.69, 9.17) is 9.84 Å². The van der Waals surface area contributed by atoms with Crippen molar-refractivity contribution in [2.75, 3.05) is 20.2 Å². The van der Waals surface area contributed by atoms with E-state index in [9.17, 15) is 27.9 Å². The van der Waals surface area contributed by atoms with Crippen LogP contribution in [0, 0.1) is 5.82 Å². The van der Waals surface area contributed by atoms with Gasteiger partial charge in [0.15, 0.2) is 5.65 Å². The number of methoxy groups -OCH3 is 1. The lowest BCUT2D eigenvalue weighted by Crippen LogP contribution is -2.36. The molecule has 218 valence electrons. The standard InChI is InChI=1S/C29H25F4N5O4/c1-42-21-6-2-17(3-7-21)16-38-26-25(24(36-38)12-18-9-11-37(15-18)28(40)41)22(8-10-34-26)19-4-5-20(23(30)13-19)14-35-27(39)29(31,32)33/h2-8,10,12-13H,9,11,14-16H2,1H3,(H,35,39)(H,40,41)/b18-12-. The van der Waals surface area contributed by atoms with Gasteiger partial charge < -0.3 is 20.1 Å². The molecule has 1 aliphatic rings. The van der Waals surface area contributed by atoms with E-state index in [-0.39, 0.29) is 12.1 Å². The molecule has 1 saturated heterocycles. The summed E-state index contributed by atoms with van der Waals surface area (Å²) >= 11 is 0. The Morgan fingerprint density at radius 1 is 1.14 bits per heavy atom. The average molecular weight is 584 g/mol. The Hall–Kier alpha value is -4.94. The molecule has 0 saturated carbocycles. The molecular formula is C29H25F4N5O4. The molecule has 42 heavy (non-hydrogen) atoms. The quantitative estimate of drug-likeness (QED) is 0.288. The number of hydrogen-bond donors (Lipinski definition) is 2. The van der Waals surface area contributed by atoms with Crippen molar-refractivity contribution in [1.29, 1.82) is 0 Å². The lowest BCUT2D eigenvalue weighted by atomic mass is 9.99. The third-order valence-electron chi connectivity index (χ3n) is 6.92. The maximum absolute atomic E-state index is 15.0. The van der Waals surface area contributed by atoms with Gasteiger partial charge in [-0.15, -0.1) is 0 Å². The zero-order chi connectivity index (χ0) is 30.0. The topological polar surface area (TPSA) is 110 Å². The number of hydrogen-bond acceptors (Lipinski definition) is 5. The van der Waals surface area contributed by atoms with Crippen LogP contribution in [0.2, 0.25) is 0 Å². The molecule has 0 spiro atoms. The summed E-state index contributed by atoms with van der Waals surface area (Å²) < 4.78 is 59.6. The molecule has 0 radical (unpaired) electrons. The van der Waals surface area contributed by atoms with Crippen LogP contribution in [-0.4, -0.2) is 63.1 Å². The molecule has 0 atom stereocenters. The Balaban J connectivity index is 1.55. The molecule has 3 heterocycles. The molecule has 9 nitrogen and oxygen atoms in total. The van der Waals surface area contributed by atoms with Gasteiger partial charge in [-0.05, 0) is 59.0 Å². The SMILES string of the molecule is COc1ccc(Cn2nc(/C=C3/CCN(C(=O)O)C3)c3c(-c4ccc(CNC(=O)C(F)(F)F)c(F)c4)ccnc32)cc1. The molecular weight excluding hydrogens is 558 g/mol. The van der Waals surface area contributed by atoms with Crippen LogP contribution >= 0.6 is 0 Å². The van der Waals surface area contributed by atoms with Crippen LogP contribution in [0.25, 0.3) is 28.2 Å². The molecule has 0 bridgehead atoms. The molecule has 5 rings (SSSR count). The number of pyridine rings is 1. The number of carbonyl (C=O) groups is 2. The summed E-state index contributed by atoms with van der Waals surface area (Å²) in [6.45, 7) is 0.306. The monoisotopic (exact) mass is 583 g/mol. The van der Waals surface area contributed by atoms with Gasteiger partial charge in [-0.3, -0.25) is 4.79 Å². The maximum atomic E-state index is 15.0. The zero-order valence-corrected chi connectivity index (χ0v) is 22.3. The van der Waals surface area contributed by atoms with Crippen molar-refractivity contribution in [2.24, 2.45) is 0 Å². The van der Waals surface area contributed by atoms with E-state index < -0.39 is 30.5 Å². The van der Waals surface area contributed by atoms with Crippen molar-refractivity contribution in [3.63, 3.8) is 0 Å². The molecule has 2 aromatic heterocycles. The number of carbonyl (C=O) groups excluding carboxylic acids is 1. The molecule has 0 unspecified atom stereocenters. The summed E-state index contributed by atoms with van der Waals surface area (Å²) in [6.07, 6.45) is -2.19. The Bertz CT molecular complexity index is 1680. The third-order valence-corrected chi connectivity index (χ3v) is 6.92. The highest BCUT2D eigenvalue weighted by molar-refractivity contribution is 5.98. The van der Waals surface area contributed by atoms with Crippen LogP contribution in [0.1, 0.15) is 23.2 Å². The molecule has 2 amide bonds. The number of fused-ring (bicyclic) bond motifs is 1. The summed E-state index contributed by atoms with van der Waals surface area (Å²) in [4.78, 5) is 28.4. The first kappa shape index (κ1) is 28.6. The van der Waals surface area contributed by atoms with Gasteiger partial charge >= 0.3 is 18.2 Å². The third kappa shape index (κ3) is 6.04. The molecule has 4 aromatic rings. The molecule has 0 aliphatic carbocycles. The number of ether oxygens (including phenoxy) is 1. The minimum atomic E-state index is -5.07. The number of aromatic nitrogens is 3. The number of rotatable bonds is 7. The second-order valence-corrected chi connectivity index (χ2v) is 9.69.